The van der Waals surface area contributed by atoms with Gasteiger partial charge in [0.1, 0.15) is 11.5 Å². The molecule has 0 atom stereocenters. The molecule has 0 unspecified atom stereocenters. The molecule has 1 amide bonds. The van der Waals surface area contributed by atoms with Gasteiger partial charge in [0.2, 0.25) is 0 Å². The van der Waals surface area contributed by atoms with E-state index in [4.69, 9.17) is 4.74 Å². The summed E-state index contributed by atoms with van der Waals surface area (Å²) in [6.45, 7) is 7.73. The summed E-state index contributed by atoms with van der Waals surface area (Å²) >= 11 is 0. The summed E-state index contributed by atoms with van der Waals surface area (Å²) < 4.78 is 5.72. The fraction of sp³-hybridized carbons (Fsp3) is 0.409. The average Bonchev–Trinajstić information content (AvgIpc) is 2.68. The van der Waals surface area contributed by atoms with E-state index in [1.165, 1.54) is 0 Å². The molecule has 1 fully saturated rings. The number of para-hydroxylation sites is 2. The lowest BCUT2D eigenvalue weighted by Crippen LogP contribution is -2.48. The standard InChI is InChI=1S/C22H28N2O3/c1-17(2)11-16-27-19-9-7-18(8-10-19)22(26)24-14-12-23(13-15-24)20-5-3-4-6-21(20)25/h3-10,17,25H,11-16H2,1-2H3. The van der Waals surface area contributed by atoms with Crippen LogP contribution < -0.4 is 9.64 Å². The van der Waals surface area contributed by atoms with Crippen LogP contribution in [0, 0.1) is 5.92 Å². The van der Waals surface area contributed by atoms with Crippen LogP contribution in [-0.2, 0) is 0 Å². The van der Waals surface area contributed by atoms with Crippen LogP contribution in [0.3, 0.4) is 0 Å². The maximum atomic E-state index is 12.7. The largest absolute Gasteiger partial charge is 0.506 e. The molecule has 1 N–H and O–H groups in total. The van der Waals surface area contributed by atoms with Gasteiger partial charge in [-0.3, -0.25) is 4.79 Å². The van der Waals surface area contributed by atoms with E-state index in [2.05, 4.69) is 18.7 Å². The second kappa shape index (κ2) is 8.80. The summed E-state index contributed by atoms with van der Waals surface area (Å²) in [5.41, 5.74) is 1.51. The number of phenols is 1. The first-order chi connectivity index (χ1) is 13.0. The van der Waals surface area contributed by atoms with E-state index in [1.54, 1.807) is 6.07 Å². The van der Waals surface area contributed by atoms with Crippen LogP contribution in [0.1, 0.15) is 30.6 Å². The molecule has 1 heterocycles. The molecule has 0 radical (unpaired) electrons. The smallest absolute Gasteiger partial charge is 0.253 e. The van der Waals surface area contributed by atoms with Crippen LogP contribution in [0.4, 0.5) is 5.69 Å². The Hall–Kier alpha value is -2.69. The first kappa shape index (κ1) is 19.1. The zero-order chi connectivity index (χ0) is 19.2. The number of rotatable bonds is 6. The van der Waals surface area contributed by atoms with E-state index in [9.17, 15) is 9.90 Å². The predicted molar refractivity (Wildman–Crippen MR) is 108 cm³/mol. The Morgan fingerprint density at radius 1 is 1.04 bits per heavy atom. The third-order valence-electron chi connectivity index (χ3n) is 4.85. The Bertz CT molecular complexity index is 750. The molecular weight excluding hydrogens is 340 g/mol. The van der Waals surface area contributed by atoms with Crippen LogP contribution >= 0.6 is 0 Å². The molecule has 2 aromatic rings. The van der Waals surface area contributed by atoms with Gasteiger partial charge in [-0.1, -0.05) is 26.0 Å². The van der Waals surface area contributed by atoms with E-state index in [1.807, 2.05) is 47.4 Å². The fourth-order valence-corrected chi connectivity index (χ4v) is 3.17. The van der Waals surface area contributed by atoms with Gasteiger partial charge >= 0.3 is 0 Å². The number of carbonyl (C=O) groups excluding carboxylic acids is 1. The van der Waals surface area contributed by atoms with Crippen LogP contribution in [0.15, 0.2) is 48.5 Å². The van der Waals surface area contributed by atoms with Crippen molar-refractivity contribution in [1.29, 1.82) is 0 Å². The lowest BCUT2D eigenvalue weighted by molar-refractivity contribution is 0.0746. The SMILES string of the molecule is CC(C)CCOc1ccc(C(=O)N2CCN(c3ccccc3O)CC2)cc1. The first-order valence-corrected chi connectivity index (χ1v) is 9.59. The second-order valence-corrected chi connectivity index (χ2v) is 7.32. The zero-order valence-electron chi connectivity index (χ0n) is 16.1. The van der Waals surface area contributed by atoms with Gasteiger partial charge in [0.05, 0.1) is 12.3 Å². The summed E-state index contributed by atoms with van der Waals surface area (Å²) in [6, 6.07) is 14.7. The third kappa shape index (κ3) is 4.94. The van der Waals surface area contributed by atoms with Crippen LogP contribution in [0.25, 0.3) is 0 Å². The zero-order valence-corrected chi connectivity index (χ0v) is 16.1. The Morgan fingerprint density at radius 2 is 1.70 bits per heavy atom. The highest BCUT2D eigenvalue weighted by Crippen LogP contribution is 2.27. The minimum absolute atomic E-state index is 0.0423. The maximum Gasteiger partial charge on any atom is 0.253 e. The highest BCUT2D eigenvalue weighted by atomic mass is 16.5. The minimum Gasteiger partial charge on any atom is -0.506 e. The maximum absolute atomic E-state index is 12.7. The van der Waals surface area contributed by atoms with Gasteiger partial charge in [-0.2, -0.15) is 0 Å². The molecule has 1 saturated heterocycles. The van der Waals surface area contributed by atoms with E-state index >= 15 is 0 Å². The quantitative estimate of drug-likeness (QED) is 0.843. The van der Waals surface area contributed by atoms with Crippen molar-refractivity contribution < 1.29 is 14.6 Å². The van der Waals surface area contributed by atoms with Gasteiger partial charge in [0.25, 0.3) is 5.91 Å². The second-order valence-electron chi connectivity index (χ2n) is 7.32. The summed E-state index contributed by atoms with van der Waals surface area (Å²) in [7, 11) is 0. The molecule has 0 aromatic heterocycles. The van der Waals surface area contributed by atoms with Gasteiger partial charge in [-0.15, -0.1) is 0 Å². The lowest BCUT2D eigenvalue weighted by atomic mass is 10.1. The Labute approximate surface area is 161 Å². The molecular formula is C22H28N2O3. The lowest BCUT2D eigenvalue weighted by Gasteiger charge is -2.36. The average molecular weight is 368 g/mol. The number of nitrogens with zero attached hydrogens (tertiary/aromatic N) is 2. The third-order valence-corrected chi connectivity index (χ3v) is 4.85. The highest BCUT2D eigenvalue weighted by molar-refractivity contribution is 5.94. The number of carbonyl (C=O) groups is 1. The van der Waals surface area contributed by atoms with Crippen molar-refractivity contribution >= 4 is 11.6 Å². The van der Waals surface area contributed by atoms with Crippen molar-refractivity contribution in [2.75, 3.05) is 37.7 Å². The van der Waals surface area contributed by atoms with E-state index in [-0.39, 0.29) is 11.7 Å². The number of aromatic hydroxyl groups is 1. The monoisotopic (exact) mass is 368 g/mol. The number of piperazine rings is 1. The van der Waals surface area contributed by atoms with Gasteiger partial charge in [0.15, 0.2) is 0 Å². The fourth-order valence-electron chi connectivity index (χ4n) is 3.17. The number of anilines is 1. The predicted octanol–water partition coefficient (Wildman–Crippen LogP) is 3.78. The molecule has 1 aliphatic rings. The van der Waals surface area contributed by atoms with Crippen molar-refractivity contribution in [3.63, 3.8) is 0 Å². The summed E-state index contributed by atoms with van der Waals surface area (Å²) in [6.07, 6.45) is 1.02. The molecule has 0 bridgehead atoms. The molecule has 0 aliphatic carbocycles. The van der Waals surface area contributed by atoms with Crippen LogP contribution in [0.5, 0.6) is 11.5 Å². The van der Waals surface area contributed by atoms with Crippen molar-refractivity contribution in [2.45, 2.75) is 20.3 Å². The van der Waals surface area contributed by atoms with Crippen molar-refractivity contribution in [1.82, 2.24) is 4.90 Å². The van der Waals surface area contributed by atoms with Crippen LogP contribution in [0.2, 0.25) is 0 Å². The Kier molecular flexibility index (Phi) is 6.22. The molecule has 5 heteroatoms. The van der Waals surface area contributed by atoms with Crippen LogP contribution in [-0.4, -0.2) is 48.7 Å². The number of hydrogen-bond acceptors (Lipinski definition) is 4. The number of amides is 1. The van der Waals surface area contributed by atoms with Crippen molar-refractivity contribution in [3.05, 3.63) is 54.1 Å². The van der Waals surface area contributed by atoms with E-state index < -0.39 is 0 Å². The molecule has 5 nitrogen and oxygen atoms in total. The first-order valence-electron chi connectivity index (χ1n) is 9.59. The van der Waals surface area contributed by atoms with Crippen molar-refractivity contribution in [3.8, 4) is 11.5 Å². The molecule has 0 saturated carbocycles. The van der Waals surface area contributed by atoms with E-state index in [0.29, 0.717) is 44.3 Å². The Morgan fingerprint density at radius 3 is 2.33 bits per heavy atom. The van der Waals surface area contributed by atoms with Gasteiger partial charge in [0, 0.05) is 31.7 Å². The van der Waals surface area contributed by atoms with E-state index in [0.717, 1.165) is 17.9 Å². The molecule has 1 aliphatic heterocycles. The molecule has 27 heavy (non-hydrogen) atoms. The molecule has 2 aromatic carbocycles. The van der Waals surface area contributed by atoms with Gasteiger partial charge in [-0.05, 0) is 48.7 Å². The molecule has 3 rings (SSSR count). The number of phenolic OH excluding ortho intramolecular Hbond substituents is 1. The summed E-state index contributed by atoms with van der Waals surface area (Å²) in [4.78, 5) is 16.7. The minimum atomic E-state index is 0.0423. The van der Waals surface area contributed by atoms with Crippen molar-refractivity contribution in [2.24, 2.45) is 5.92 Å². The normalized spacial score (nSPS) is 14.5. The summed E-state index contributed by atoms with van der Waals surface area (Å²) in [5.74, 6) is 1.74. The molecule has 0 spiro atoms. The highest BCUT2D eigenvalue weighted by Gasteiger charge is 2.23. The number of benzene rings is 2. The molecule has 144 valence electrons. The number of hydrogen-bond donors (Lipinski definition) is 1. The Balaban J connectivity index is 1.54. The van der Waals surface area contributed by atoms with Gasteiger partial charge in [-0.25, -0.2) is 0 Å². The topological polar surface area (TPSA) is 53.0 Å². The number of ether oxygens (including phenoxy) is 1. The van der Waals surface area contributed by atoms with Gasteiger partial charge < -0.3 is 19.6 Å². The summed E-state index contributed by atoms with van der Waals surface area (Å²) in [5, 5.41) is 10.00.